The lowest BCUT2D eigenvalue weighted by molar-refractivity contribution is 0.353. The van der Waals surface area contributed by atoms with Crippen LogP contribution in [0, 0.1) is 0 Å². The van der Waals surface area contributed by atoms with Crippen LogP contribution in [0.5, 0.6) is 23.0 Å². The number of benzene rings is 4. The Kier molecular flexibility index (Phi) is 8.50. The third kappa shape index (κ3) is 4.74. The molecule has 0 aromatic heterocycles. The van der Waals surface area contributed by atoms with Crippen LogP contribution in [-0.2, 0) is 16.2 Å². The molecule has 1 aliphatic rings. The lowest BCUT2D eigenvalue weighted by atomic mass is 9.65. The summed E-state index contributed by atoms with van der Waals surface area (Å²) in [6.45, 7) is 13.9. The summed E-state index contributed by atoms with van der Waals surface area (Å²) in [4.78, 5) is 0. The van der Waals surface area contributed by atoms with E-state index >= 15 is 0 Å². The topological polar surface area (TPSA) is 36.9 Å². The van der Waals surface area contributed by atoms with Gasteiger partial charge in [-0.2, -0.15) is 0 Å². The van der Waals surface area contributed by atoms with Gasteiger partial charge in [-0.05, 0) is 98.9 Å². The zero-order chi connectivity index (χ0) is 31.9. The van der Waals surface area contributed by atoms with E-state index in [-0.39, 0.29) is 10.8 Å². The van der Waals surface area contributed by atoms with Crippen LogP contribution in [0.25, 0.3) is 11.1 Å². The molecule has 0 N–H and O–H groups in total. The molecule has 0 amide bonds. The van der Waals surface area contributed by atoms with Crippen molar-refractivity contribution in [2.75, 3.05) is 28.4 Å². The summed E-state index contributed by atoms with van der Waals surface area (Å²) in [5.74, 6) is 2.81. The number of hydrogen-bond acceptors (Lipinski definition) is 4. The molecule has 0 saturated carbocycles. The maximum absolute atomic E-state index is 5.91. The molecule has 232 valence electrons. The molecule has 0 aliphatic heterocycles. The van der Waals surface area contributed by atoms with Crippen LogP contribution < -0.4 is 18.9 Å². The van der Waals surface area contributed by atoms with E-state index < -0.39 is 5.41 Å². The fraction of sp³-hybridized carbons (Fsp3) is 0.400. The molecule has 1 aliphatic carbocycles. The minimum atomic E-state index is -0.651. The maximum Gasteiger partial charge on any atom is 0.161 e. The van der Waals surface area contributed by atoms with E-state index in [2.05, 4.69) is 102 Å². The summed E-state index contributed by atoms with van der Waals surface area (Å²) < 4.78 is 23.2. The van der Waals surface area contributed by atoms with E-state index in [4.69, 9.17) is 18.9 Å². The van der Waals surface area contributed by atoms with E-state index in [1.165, 1.54) is 33.4 Å². The molecule has 0 atom stereocenters. The van der Waals surface area contributed by atoms with Gasteiger partial charge in [-0.25, -0.2) is 0 Å². The summed E-state index contributed by atoms with van der Waals surface area (Å²) in [7, 11) is 6.78. The minimum absolute atomic E-state index is 0.0128. The molecule has 44 heavy (non-hydrogen) atoms. The summed E-state index contributed by atoms with van der Waals surface area (Å²) in [6, 6.07) is 27.0. The van der Waals surface area contributed by atoms with Gasteiger partial charge in [-0.3, -0.25) is 0 Å². The summed E-state index contributed by atoms with van der Waals surface area (Å²) >= 11 is 0. The molecule has 4 aromatic carbocycles. The van der Waals surface area contributed by atoms with Crippen molar-refractivity contribution in [1.29, 1.82) is 0 Å². The molecular weight excluding hydrogens is 544 g/mol. The smallest absolute Gasteiger partial charge is 0.161 e. The monoisotopic (exact) mass is 592 g/mol. The highest BCUT2D eigenvalue weighted by atomic mass is 16.5. The summed E-state index contributed by atoms with van der Waals surface area (Å²) in [5.41, 5.74) is 9.35. The van der Waals surface area contributed by atoms with E-state index in [0.717, 1.165) is 30.4 Å². The first-order valence-electron chi connectivity index (χ1n) is 15.8. The van der Waals surface area contributed by atoms with Gasteiger partial charge >= 0.3 is 0 Å². The third-order valence-corrected chi connectivity index (χ3v) is 10.7. The SMILES string of the molecule is CCC(C)(C)c1ccc2c(c1)C(c1ccc(OC)c(OC)c1)(c1ccc(OC)c(OC)c1)c1cc(C(C)(CC)CC)ccc1-2. The van der Waals surface area contributed by atoms with Crippen molar-refractivity contribution in [3.63, 3.8) is 0 Å². The largest absolute Gasteiger partial charge is 0.493 e. The number of ether oxygens (including phenoxy) is 4. The van der Waals surface area contributed by atoms with Gasteiger partial charge in [0.15, 0.2) is 23.0 Å². The second-order valence-corrected chi connectivity index (χ2v) is 12.9. The Hall–Kier alpha value is -3.92. The van der Waals surface area contributed by atoms with Crippen molar-refractivity contribution in [3.8, 4) is 34.1 Å². The van der Waals surface area contributed by atoms with Gasteiger partial charge < -0.3 is 18.9 Å². The predicted octanol–water partition coefficient (Wildman–Crippen LogP) is 9.85. The maximum atomic E-state index is 5.91. The molecule has 4 heteroatoms. The zero-order valence-corrected chi connectivity index (χ0v) is 28.2. The van der Waals surface area contributed by atoms with Gasteiger partial charge in [0.1, 0.15) is 0 Å². The van der Waals surface area contributed by atoms with Crippen LogP contribution in [0.3, 0.4) is 0 Å². The molecule has 4 nitrogen and oxygen atoms in total. The molecule has 0 heterocycles. The van der Waals surface area contributed by atoms with Gasteiger partial charge in [0.25, 0.3) is 0 Å². The summed E-state index contributed by atoms with van der Waals surface area (Å²) in [5, 5.41) is 0. The molecule has 4 aromatic rings. The van der Waals surface area contributed by atoms with Crippen LogP contribution in [0.1, 0.15) is 94.2 Å². The highest BCUT2D eigenvalue weighted by Gasteiger charge is 2.48. The zero-order valence-electron chi connectivity index (χ0n) is 28.2. The molecule has 0 spiro atoms. The normalized spacial score (nSPS) is 13.7. The molecule has 0 radical (unpaired) electrons. The first-order chi connectivity index (χ1) is 21.1. The molecule has 0 saturated heterocycles. The van der Waals surface area contributed by atoms with Crippen LogP contribution in [-0.4, -0.2) is 28.4 Å². The highest BCUT2D eigenvalue weighted by molar-refractivity contribution is 5.87. The van der Waals surface area contributed by atoms with Crippen molar-refractivity contribution in [3.05, 3.63) is 106 Å². The Balaban J connectivity index is 2.00. The van der Waals surface area contributed by atoms with Gasteiger partial charge in [0.05, 0.1) is 33.9 Å². The van der Waals surface area contributed by atoms with Crippen molar-refractivity contribution in [2.24, 2.45) is 0 Å². The number of hydrogen-bond donors (Lipinski definition) is 0. The lowest BCUT2D eigenvalue weighted by Crippen LogP contribution is -2.30. The van der Waals surface area contributed by atoms with Crippen LogP contribution >= 0.6 is 0 Å². The van der Waals surface area contributed by atoms with Gasteiger partial charge in [-0.15, -0.1) is 0 Å². The predicted molar refractivity (Wildman–Crippen MR) is 181 cm³/mol. The summed E-state index contributed by atoms with van der Waals surface area (Å²) in [6.07, 6.45) is 3.15. The van der Waals surface area contributed by atoms with Crippen molar-refractivity contribution >= 4 is 0 Å². The minimum Gasteiger partial charge on any atom is -0.493 e. The van der Waals surface area contributed by atoms with Gasteiger partial charge in [0.2, 0.25) is 0 Å². The van der Waals surface area contributed by atoms with E-state index in [1.807, 2.05) is 12.1 Å². The Morgan fingerprint density at radius 3 is 1.34 bits per heavy atom. The molecular formula is C40H48O4. The van der Waals surface area contributed by atoms with E-state index in [0.29, 0.717) is 23.0 Å². The van der Waals surface area contributed by atoms with Crippen LogP contribution in [0.15, 0.2) is 72.8 Å². The van der Waals surface area contributed by atoms with E-state index in [9.17, 15) is 0 Å². The van der Waals surface area contributed by atoms with Crippen LogP contribution in [0.4, 0.5) is 0 Å². The quantitative estimate of drug-likeness (QED) is 0.153. The number of methoxy groups -OCH3 is 4. The average molecular weight is 593 g/mol. The standard InChI is InChI=1S/C40H48O4/c1-11-38(4,5)26-14-18-30-31-19-15-27(39(6,12-2)13-3)23-33(31)40(32(30)22-26,28-16-20-34(41-7)36(24-28)43-9)29-17-21-35(42-8)37(25-29)44-10/h14-25H,11-13H2,1-10H3. The molecule has 5 rings (SSSR count). The van der Waals surface area contributed by atoms with Crippen molar-refractivity contribution < 1.29 is 18.9 Å². The van der Waals surface area contributed by atoms with Gasteiger partial charge in [-0.1, -0.05) is 90.1 Å². The fourth-order valence-electron chi connectivity index (χ4n) is 6.91. The van der Waals surface area contributed by atoms with Gasteiger partial charge in [0, 0.05) is 0 Å². The third-order valence-electron chi connectivity index (χ3n) is 10.7. The van der Waals surface area contributed by atoms with E-state index in [1.54, 1.807) is 28.4 Å². The Labute approximate surface area is 264 Å². The first-order valence-corrected chi connectivity index (χ1v) is 15.8. The van der Waals surface area contributed by atoms with Crippen molar-refractivity contribution in [1.82, 2.24) is 0 Å². The average Bonchev–Trinajstić information content (AvgIpc) is 3.36. The Morgan fingerprint density at radius 2 is 0.932 bits per heavy atom. The van der Waals surface area contributed by atoms with Crippen LogP contribution in [0.2, 0.25) is 0 Å². The second-order valence-electron chi connectivity index (χ2n) is 12.9. The lowest BCUT2D eigenvalue weighted by Gasteiger charge is -2.36. The number of fused-ring (bicyclic) bond motifs is 3. The molecule has 0 unspecified atom stereocenters. The first kappa shape index (κ1) is 31.5. The molecule has 0 bridgehead atoms. The molecule has 0 fully saturated rings. The Bertz CT molecular complexity index is 1600. The highest BCUT2D eigenvalue weighted by Crippen LogP contribution is 2.59. The number of rotatable bonds is 11. The Morgan fingerprint density at radius 1 is 0.500 bits per heavy atom. The fourth-order valence-corrected chi connectivity index (χ4v) is 6.91. The van der Waals surface area contributed by atoms with Crippen molar-refractivity contribution in [2.45, 2.75) is 77.0 Å². The second kappa shape index (κ2) is 11.9.